The predicted octanol–water partition coefficient (Wildman–Crippen LogP) is 9.16. The van der Waals surface area contributed by atoms with Gasteiger partial charge in [0.2, 0.25) is 0 Å². The van der Waals surface area contributed by atoms with Gasteiger partial charge in [-0.15, -0.1) is 0 Å². The number of rotatable bonds is 16. The molecule has 0 spiro atoms. The maximum atomic E-state index is 13.0. The van der Waals surface area contributed by atoms with Crippen LogP contribution in [0.1, 0.15) is 96.0 Å². The van der Waals surface area contributed by atoms with Gasteiger partial charge in [-0.05, 0) is 61.3 Å². The summed E-state index contributed by atoms with van der Waals surface area (Å²) in [6, 6.07) is 7.41. The molecule has 0 N–H and O–H groups in total. The van der Waals surface area contributed by atoms with E-state index in [9.17, 15) is 26.7 Å². The zero-order chi connectivity index (χ0) is 27.2. The summed E-state index contributed by atoms with van der Waals surface area (Å²) in [5.74, 6) is -3.68. The van der Waals surface area contributed by atoms with Crippen LogP contribution in [0.3, 0.4) is 0 Å². The van der Waals surface area contributed by atoms with E-state index in [0.717, 1.165) is 49.8 Å². The summed E-state index contributed by atoms with van der Waals surface area (Å²) in [6.07, 6.45) is 7.06. The summed E-state index contributed by atoms with van der Waals surface area (Å²) in [6.45, 7) is 3.16. The topological polar surface area (TPSA) is 35.5 Å². The lowest BCUT2D eigenvalue weighted by atomic mass is 9.80. The number of benzene rings is 1. The summed E-state index contributed by atoms with van der Waals surface area (Å²) in [7, 11) is 0. The fourth-order valence-corrected chi connectivity index (χ4v) is 4.60. The van der Waals surface area contributed by atoms with Crippen molar-refractivity contribution >= 4 is 12.0 Å². The highest BCUT2D eigenvalue weighted by Crippen LogP contribution is 2.40. The molecule has 1 saturated carbocycles. The molecule has 210 valence electrons. The van der Waals surface area contributed by atoms with Crippen LogP contribution in [0.4, 0.5) is 22.0 Å². The number of carbonyl (C=O) groups excluding carboxylic acids is 1. The van der Waals surface area contributed by atoms with Gasteiger partial charge in [0.05, 0.1) is 13.2 Å². The molecule has 1 aliphatic rings. The maximum Gasteiger partial charge on any atom is 0.453 e. The second-order valence-corrected chi connectivity index (χ2v) is 10.1. The monoisotopic (exact) mass is 532 g/mol. The molecule has 2 rings (SSSR count). The predicted molar refractivity (Wildman–Crippen MR) is 136 cm³/mol. The molecule has 1 aromatic carbocycles. The zero-order valence-corrected chi connectivity index (χ0v) is 21.8. The van der Waals surface area contributed by atoms with Crippen molar-refractivity contribution in [2.24, 2.45) is 11.8 Å². The lowest BCUT2D eigenvalue weighted by molar-refractivity contribution is -0.284. The first-order valence-electron chi connectivity index (χ1n) is 13.6. The van der Waals surface area contributed by atoms with E-state index in [1.54, 1.807) is 6.08 Å². The van der Waals surface area contributed by atoms with Gasteiger partial charge >= 0.3 is 18.1 Å². The van der Waals surface area contributed by atoms with Gasteiger partial charge in [-0.3, -0.25) is 0 Å². The molecule has 0 saturated heterocycles. The van der Waals surface area contributed by atoms with Crippen molar-refractivity contribution in [3.63, 3.8) is 0 Å². The van der Waals surface area contributed by atoms with Crippen molar-refractivity contribution in [2.45, 2.75) is 102 Å². The van der Waals surface area contributed by atoms with Crippen molar-refractivity contribution in [3.8, 4) is 5.75 Å². The summed E-state index contributed by atoms with van der Waals surface area (Å²) < 4.78 is 74.0. The molecule has 37 heavy (non-hydrogen) atoms. The molecule has 0 aromatic heterocycles. The van der Waals surface area contributed by atoms with Crippen LogP contribution in [-0.4, -0.2) is 31.3 Å². The number of alkyl halides is 5. The van der Waals surface area contributed by atoms with Crippen LogP contribution in [0.5, 0.6) is 5.75 Å². The Hall–Kier alpha value is -2.12. The Kier molecular flexibility index (Phi) is 13.4. The average molecular weight is 533 g/mol. The van der Waals surface area contributed by atoms with Crippen LogP contribution < -0.4 is 4.74 Å². The van der Waals surface area contributed by atoms with Gasteiger partial charge in [-0.2, -0.15) is 22.0 Å². The summed E-state index contributed by atoms with van der Waals surface area (Å²) in [5.41, 5.74) is 0.862. The number of hydrogen-bond acceptors (Lipinski definition) is 3. The highest BCUT2D eigenvalue weighted by molar-refractivity contribution is 5.87. The minimum atomic E-state index is -5.46. The summed E-state index contributed by atoms with van der Waals surface area (Å²) >= 11 is 0. The average Bonchev–Trinajstić information content (AvgIpc) is 2.86. The largest absolute Gasteiger partial charge is 0.493 e. The fourth-order valence-electron chi connectivity index (χ4n) is 4.60. The summed E-state index contributed by atoms with van der Waals surface area (Å²) in [4.78, 5) is 11.8. The van der Waals surface area contributed by atoms with Crippen LogP contribution in [-0.2, 0) is 9.53 Å². The molecule has 1 aromatic rings. The number of hydrogen-bond donors (Lipinski definition) is 0. The highest BCUT2D eigenvalue weighted by atomic mass is 19.4. The van der Waals surface area contributed by atoms with Crippen molar-refractivity contribution in [2.75, 3.05) is 13.2 Å². The number of unbranched alkanes of at least 4 members (excludes halogenated alkanes) is 5. The van der Waals surface area contributed by atoms with Crippen LogP contribution in [0.15, 0.2) is 30.3 Å². The van der Waals surface area contributed by atoms with Crippen molar-refractivity contribution < 1.29 is 36.2 Å². The van der Waals surface area contributed by atoms with E-state index in [4.69, 9.17) is 9.47 Å². The molecule has 0 aliphatic heterocycles. The highest BCUT2D eigenvalue weighted by Gasteiger charge is 2.56. The third-order valence-corrected chi connectivity index (χ3v) is 7.00. The normalized spacial score (nSPS) is 18.8. The minimum absolute atomic E-state index is 0.115. The van der Waals surface area contributed by atoms with Crippen LogP contribution in [0.2, 0.25) is 0 Å². The second kappa shape index (κ2) is 16.0. The lowest BCUT2D eigenvalue weighted by Crippen LogP contribution is -2.36. The Bertz CT molecular complexity index is 797. The smallest absolute Gasteiger partial charge is 0.453 e. The number of ether oxygens (including phenoxy) is 2. The van der Waals surface area contributed by atoms with Crippen molar-refractivity contribution in [1.29, 1.82) is 0 Å². The molecular formula is C29H41F5O3. The van der Waals surface area contributed by atoms with E-state index in [1.807, 2.05) is 24.3 Å². The molecule has 0 bridgehead atoms. The minimum Gasteiger partial charge on any atom is -0.493 e. The first-order chi connectivity index (χ1) is 17.6. The van der Waals surface area contributed by atoms with Crippen molar-refractivity contribution in [3.05, 3.63) is 35.9 Å². The molecule has 1 aliphatic carbocycles. The Morgan fingerprint density at radius 2 is 1.51 bits per heavy atom. The first-order valence-corrected chi connectivity index (χ1v) is 13.6. The molecule has 0 radical (unpaired) electrons. The van der Waals surface area contributed by atoms with Crippen molar-refractivity contribution in [1.82, 2.24) is 0 Å². The molecule has 1 fully saturated rings. The standard InChI is InChI=1S/C29H41F5O3/c1-2-3-4-5-6-7-21-36-27(35)19-16-24-14-17-26(18-15-24)37-22-25-12-10-23(11-13-25)9-8-20-28(30,31)29(32,33)34/h14-19,23,25H,2-13,20-22H2,1H3. The van der Waals surface area contributed by atoms with Gasteiger partial charge in [0.15, 0.2) is 0 Å². The van der Waals surface area contributed by atoms with Gasteiger partial charge in [-0.25, -0.2) is 4.79 Å². The molecule has 8 heteroatoms. The number of esters is 1. The Labute approximate surface area is 217 Å². The van der Waals surface area contributed by atoms with E-state index >= 15 is 0 Å². The number of halogens is 5. The molecule has 0 atom stereocenters. The number of carbonyl (C=O) groups is 1. The van der Waals surface area contributed by atoms with E-state index in [1.165, 1.54) is 31.8 Å². The second-order valence-electron chi connectivity index (χ2n) is 10.1. The van der Waals surface area contributed by atoms with E-state index in [0.29, 0.717) is 25.6 Å². The van der Waals surface area contributed by atoms with Crippen LogP contribution in [0.25, 0.3) is 6.08 Å². The van der Waals surface area contributed by atoms with Gasteiger partial charge in [0.1, 0.15) is 5.75 Å². The van der Waals surface area contributed by atoms with E-state index < -0.39 is 18.5 Å². The first kappa shape index (κ1) is 31.1. The molecule has 3 nitrogen and oxygen atoms in total. The SMILES string of the molecule is CCCCCCCCOC(=O)C=Cc1ccc(OCC2CCC(CCCC(F)(F)C(F)(F)F)CC2)cc1. The molecule has 0 heterocycles. The van der Waals surface area contributed by atoms with Gasteiger partial charge in [0.25, 0.3) is 0 Å². The Morgan fingerprint density at radius 1 is 0.892 bits per heavy atom. The van der Waals surface area contributed by atoms with Gasteiger partial charge in [-0.1, -0.05) is 70.4 Å². The quantitative estimate of drug-likeness (QED) is 0.0922. The zero-order valence-electron chi connectivity index (χ0n) is 21.8. The van der Waals surface area contributed by atoms with Crippen LogP contribution >= 0.6 is 0 Å². The fraction of sp³-hybridized carbons (Fsp3) is 0.690. The maximum absolute atomic E-state index is 13.0. The third-order valence-electron chi connectivity index (χ3n) is 7.00. The van der Waals surface area contributed by atoms with Gasteiger partial charge < -0.3 is 9.47 Å². The van der Waals surface area contributed by atoms with E-state index in [-0.39, 0.29) is 18.3 Å². The van der Waals surface area contributed by atoms with Gasteiger partial charge in [0, 0.05) is 12.5 Å². The Balaban J connectivity index is 1.59. The molecule has 0 unspecified atom stereocenters. The van der Waals surface area contributed by atoms with Crippen LogP contribution in [0, 0.1) is 11.8 Å². The third kappa shape index (κ3) is 12.3. The van der Waals surface area contributed by atoms with E-state index in [2.05, 4.69) is 6.92 Å². The molecular weight excluding hydrogens is 491 g/mol. The summed E-state index contributed by atoms with van der Waals surface area (Å²) in [5, 5.41) is 0. The lowest BCUT2D eigenvalue weighted by Gasteiger charge is -2.29. The molecule has 0 amide bonds. The Morgan fingerprint density at radius 3 is 2.16 bits per heavy atom.